The van der Waals surface area contributed by atoms with Gasteiger partial charge in [0, 0.05) is 6.42 Å². The molecular formula is C3H7Cl2NO. The summed E-state index contributed by atoms with van der Waals surface area (Å²) in [6.45, 7) is 0. The molecule has 0 aliphatic rings. The highest BCUT2D eigenvalue weighted by Gasteiger charge is 1.91. The molecule has 0 bridgehead atoms. The fourth-order valence-electron chi connectivity index (χ4n) is 0.0727. The summed E-state index contributed by atoms with van der Waals surface area (Å²) >= 11 is 10.2. The summed E-state index contributed by atoms with van der Waals surface area (Å²) in [6.07, 6.45) is 0.910. The molecule has 0 radical (unpaired) electrons. The van der Waals surface area contributed by atoms with Crippen molar-refractivity contribution in [1.82, 2.24) is 6.15 Å². The van der Waals surface area contributed by atoms with E-state index in [2.05, 4.69) is 0 Å². The molecule has 0 saturated carbocycles. The first-order valence-corrected chi connectivity index (χ1v) is 2.36. The molecule has 0 unspecified atom stereocenters. The molecule has 3 N–H and O–H groups in total. The van der Waals surface area contributed by atoms with Crippen LogP contribution in [0.15, 0.2) is 0 Å². The molecule has 0 rings (SSSR count). The van der Waals surface area contributed by atoms with Crippen LogP contribution in [-0.2, 0) is 4.79 Å². The molecule has 0 fully saturated rings. The lowest BCUT2D eigenvalue weighted by atomic mass is 10.6. The summed E-state index contributed by atoms with van der Waals surface area (Å²) in [5.74, 6) is 0. The Balaban J connectivity index is 0. The number of hydrogen-bond acceptors (Lipinski definition) is 2. The molecule has 2 nitrogen and oxygen atoms in total. The molecule has 44 valence electrons. The second kappa shape index (κ2) is 6.21. The number of alkyl halides is 2. The Morgan fingerprint density at radius 2 is 2.00 bits per heavy atom. The summed E-state index contributed by atoms with van der Waals surface area (Å²) in [4.78, 5) is 8.92. The molecule has 0 spiro atoms. The van der Waals surface area contributed by atoms with Gasteiger partial charge in [0.1, 0.15) is 11.1 Å². The second-order valence-corrected chi connectivity index (χ2v) is 2.07. The SMILES string of the molecule is N.O=CCC(Cl)Cl. The van der Waals surface area contributed by atoms with Gasteiger partial charge in [0.2, 0.25) is 0 Å². The molecule has 0 aliphatic carbocycles. The molecule has 0 aliphatic heterocycles. The van der Waals surface area contributed by atoms with E-state index in [0.717, 1.165) is 0 Å². The number of carbonyl (C=O) groups excluding carboxylic acids is 1. The molecule has 0 aromatic carbocycles. The van der Waals surface area contributed by atoms with E-state index in [0.29, 0.717) is 6.29 Å². The van der Waals surface area contributed by atoms with E-state index in [9.17, 15) is 4.79 Å². The third-order valence-electron chi connectivity index (χ3n) is 0.274. The van der Waals surface area contributed by atoms with Crippen molar-refractivity contribution < 1.29 is 4.79 Å². The van der Waals surface area contributed by atoms with E-state index in [1.165, 1.54) is 0 Å². The minimum Gasteiger partial charge on any atom is -0.344 e. The standard InChI is InChI=1S/C3H4Cl2O.H3N/c4-3(5)1-2-6;/h2-3H,1H2;1H3. The first-order valence-electron chi connectivity index (χ1n) is 1.49. The van der Waals surface area contributed by atoms with Crippen LogP contribution in [0.25, 0.3) is 0 Å². The van der Waals surface area contributed by atoms with Crippen LogP contribution in [0.3, 0.4) is 0 Å². The minimum absolute atomic E-state index is 0. The van der Waals surface area contributed by atoms with E-state index in [1.807, 2.05) is 0 Å². The molecule has 0 atom stereocenters. The molecule has 0 heterocycles. The molecular weight excluding hydrogens is 137 g/mol. The fourth-order valence-corrected chi connectivity index (χ4v) is 0.218. The molecule has 0 saturated heterocycles. The summed E-state index contributed by atoms with van der Waals surface area (Å²) in [7, 11) is 0. The third kappa shape index (κ3) is 10.7. The minimum atomic E-state index is -0.525. The van der Waals surface area contributed by atoms with Crippen molar-refractivity contribution >= 4 is 29.5 Å². The van der Waals surface area contributed by atoms with E-state index >= 15 is 0 Å². The number of aldehydes is 1. The van der Waals surface area contributed by atoms with Gasteiger partial charge in [0.05, 0.1) is 0 Å². The highest BCUT2D eigenvalue weighted by Crippen LogP contribution is 2.02. The predicted octanol–water partition coefficient (Wildman–Crippen LogP) is 1.54. The van der Waals surface area contributed by atoms with Gasteiger partial charge in [-0.1, -0.05) is 0 Å². The lowest BCUT2D eigenvalue weighted by Crippen LogP contribution is -1.84. The lowest BCUT2D eigenvalue weighted by molar-refractivity contribution is -0.107. The van der Waals surface area contributed by atoms with Gasteiger partial charge >= 0.3 is 0 Å². The fraction of sp³-hybridized carbons (Fsp3) is 0.667. The molecule has 4 heteroatoms. The summed E-state index contributed by atoms with van der Waals surface area (Å²) in [6, 6.07) is 0. The van der Waals surface area contributed by atoms with Crippen LogP contribution in [0.4, 0.5) is 0 Å². The van der Waals surface area contributed by atoms with Gasteiger partial charge in [-0.05, 0) is 0 Å². The molecule has 0 aromatic rings. The van der Waals surface area contributed by atoms with E-state index in [1.54, 1.807) is 0 Å². The Kier molecular flexibility index (Phi) is 9.09. The van der Waals surface area contributed by atoms with Crippen molar-refractivity contribution in [3.63, 3.8) is 0 Å². The predicted molar refractivity (Wildman–Crippen MR) is 31.2 cm³/mol. The van der Waals surface area contributed by atoms with Crippen LogP contribution in [0.2, 0.25) is 0 Å². The van der Waals surface area contributed by atoms with Gasteiger partial charge in [-0.3, -0.25) is 0 Å². The summed E-state index contributed by atoms with van der Waals surface area (Å²) in [5, 5.41) is 0. The van der Waals surface area contributed by atoms with Crippen molar-refractivity contribution in [3.05, 3.63) is 0 Å². The average molecular weight is 144 g/mol. The largest absolute Gasteiger partial charge is 0.344 e. The smallest absolute Gasteiger partial charge is 0.122 e. The van der Waals surface area contributed by atoms with Gasteiger partial charge in [-0.2, -0.15) is 0 Å². The van der Waals surface area contributed by atoms with Gasteiger partial charge in [-0.15, -0.1) is 23.2 Å². The first kappa shape index (κ1) is 10.2. The maximum absolute atomic E-state index is 9.45. The van der Waals surface area contributed by atoms with E-state index in [4.69, 9.17) is 23.2 Å². The van der Waals surface area contributed by atoms with Crippen molar-refractivity contribution in [2.75, 3.05) is 0 Å². The monoisotopic (exact) mass is 143 g/mol. The molecule has 0 amide bonds. The zero-order chi connectivity index (χ0) is 4.99. The maximum atomic E-state index is 9.45. The quantitative estimate of drug-likeness (QED) is 0.472. The highest BCUT2D eigenvalue weighted by atomic mass is 35.5. The Hall–Kier alpha value is 0.210. The van der Waals surface area contributed by atoms with Crippen LogP contribution < -0.4 is 6.15 Å². The van der Waals surface area contributed by atoms with Crippen LogP contribution >= 0.6 is 23.2 Å². The Bertz CT molecular complexity index is 48.2. The molecule has 7 heavy (non-hydrogen) atoms. The summed E-state index contributed by atoms with van der Waals surface area (Å²) in [5.41, 5.74) is 0. The zero-order valence-electron chi connectivity index (χ0n) is 3.73. The number of hydrogen-bond donors (Lipinski definition) is 1. The lowest BCUT2D eigenvalue weighted by Gasteiger charge is -1.84. The topological polar surface area (TPSA) is 52.1 Å². The first-order chi connectivity index (χ1) is 2.77. The van der Waals surface area contributed by atoms with Gasteiger partial charge < -0.3 is 10.9 Å². The number of rotatable bonds is 2. The third-order valence-corrected chi connectivity index (χ3v) is 0.631. The Morgan fingerprint density at radius 3 is 2.00 bits per heavy atom. The number of carbonyl (C=O) groups is 1. The van der Waals surface area contributed by atoms with Gasteiger partial charge in [0.25, 0.3) is 0 Å². The highest BCUT2D eigenvalue weighted by molar-refractivity contribution is 6.44. The van der Waals surface area contributed by atoms with Crippen LogP contribution in [-0.4, -0.2) is 11.1 Å². The number of halogens is 2. The van der Waals surface area contributed by atoms with Gasteiger partial charge in [-0.25, -0.2) is 0 Å². The van der Waals surface area contributed by atoms with Crippen LogP contribution in [0, 0.1) is 0 Å². The van der Waals surface area contributed by atoms with Crippen LogP contribution in [0.5, 0.6) is 0 Å². The molecule has 0 aromatic heterocycles. The van der Waals surface area contributed by atoms with Crippen molar-refractivity contribution in [2.24, 2.45) is 0 Å². The van der Waals surface area contributed by atoms with E-state index < -0.39 is 4.84 Å². The Labute approximate surface area is 52.4 Å². The second-order valence-electron chi connectivity index (χ2n) is 0.793. The average Bonchev–Trinajstić information content (AvgIpc) is 1.35. The maximum Gasteiger partial charge on any atom is 0.122 e. The van der Waals surface area contributed by atoms with Crippen molar-refractivity contribution in [3.8, 4) is 0 Å². The van der Waals surface area contributed by atoms with Crippen molar-refractivity contribution in [1.29, 1.82) is 0 Å². The van der Waals surface area contributed by atoms with Gasteiger partial charge in [0.15, 0.2) is 0 Å². The zero-order valence-corrected chi connectivity index (χ0v) is 5.24. The normalized spacial score (nSPS) is 7.86. The van der Waals surface area contributed by atoms with E-state index in [-0.39, 0.29) is 12.6 Å². The van der Waals surface area contributed by atoms with Crippen molar-refractivity contribution in [2.45, 2.75) is 11.3 Å². The van der Waals surface area contributed by atoms with Crippen LogP contribution in [0.1, 0.15) is 6.42 Å². The Morgan fingerprint density at radius 1 is 1.57 bits per heavy atom. The summed E-state index contributed by atoms with van der Waals surface area (Å²) < 4.78 is 0.